The largest absolute Gasteiger partial charge is 0.349 e. The van der Waals surface area contributed by atoms with Crippen LogP contribution in [0.2, 0.25) is 10.0 Å². The summed E-state index contributed by atoms with van der Waals surface area (Å²) in [7, 11) is 0. The fourth-order valence-electron chi connectivity index (χ4n) is 3.35. The highest BCUT2D eigenvalue weighted by Crippen LogP contribution is 2.42. The monoisotopic (exact) mass is 318 g/mol. The van der Waals surface area contributed by atoms with Gasteiger partial charge in [-0.15, -0.1) is 0 Å². The van der Waals surface area contributed by atoms with E-state index < -0.39 is 0 Å². The van der Waals surface area contributed by atoms with Gasteiger partial charge in [0.25, 0.3) is 0 Å². The van der Waals surface area contributed by atoms with Crippen molar-refractivity contribution in [1.82, 2.24) is 0 Å². The smallest absolute Gasteiger partial charge is 0.0910 e. The minimum Gasteiger partial charge on any atom is -0.349 e. The van der Waals surface area contributed by atoms with Gasteiger partial charge >= 0.3 is 0 Å². The number of halogens is 2. The lowest BCUT2D eigenvalue weighted by Gasteiger charge is -2.45. The first-order chi connectivity index (χ1) is 10.0. The van der Waals surface area contributed by atoms with E-state index >= 15 is 0 Å². The molecule has 0 saturated carbocycles. The Hall–Kier alpha value is -1.38. The Balaban J connectivity index is 1.86. The van der Waals surface area contributed by atoms with Crippen molar-refractivity contribution in [3.63, 3.8) is 0 Å². The summed E-state index contributed by atoms with van der Waals surface area (Å²) in [5.74, 6) is 0. The van der Waals surface area contributed by atoms with Crippen molar-refractivity contribution in [2.45, 2.75) is 26.9 Å². The molecule has 108 valence electrons. The van der Waals surface area contributed by atoms with Crippen molar-refractivity contribution >= 4 is 34.6 Å². The van der Waals surface area contributed by atoms with Crippen LogP contribution in [0.15, 0.2) is 24.3 Å². The van der Waals surface area contributed by atoms with Crippen LogP contribution in [0.4, 0.5) is 11.4 Å². The molecule has 0 amide bonds. The molecule has 0 radical (unpaired) electrons. The summed E-state index contributed by atoms with van der Waals surface area (Å²) in [5, 5.41) is 1.73. The van der Waals surface area contributed by atoms with Crippen molar-refractivity contribution in [2.24, 2.45) is 0 Å². The van der Waals surface area contributed by atoms with Crippen molar-refractivity contribution in [3.8, 4) is 0 Å². The lowest BCUT2D eigenvalue weighted by molar-refractivity contribution is 0.650. The molecule has 2 bridgehead atoms. The first-order valence-electron chi connectivity index (χ1n) is 7.11. The summed E-state index contributed by atoms with van der Waals surface area (Å²) >= 11 is 12.8. The van der Waals surface area contributed by atoms with E-state index in [9.17, 15) is 0 Å². The predicted octanol–water partition coefficient (Wildman–Crippen LogP) is 4.91. The number of benzene rings is 2. The SMILES string of the molecule is Cc1cc2c(cc1Cl)N1Cc3c(ccc(C)c3Cl)N(C2)C1. The van der Waals surface area contributed by atoms with Crippen LogP contribution in [0.5, 0.6) is 0 Å². The second-order valence-corrected chi connectivity index (χ2v) is 6.75. The van der Waals surface area contributed by atoms with Crippen molar-refractivity contribution in [3.05, 3.63) is 56.6 Å². The molecule has 0 aromatic heterocycles. The van der Waals surface area contributed by atoms with E-state index in [1.54, 1.807) is 0 Å². The number of nitrogens with zero attached hydrogens (tertiary/aromatic N) is 2. The van der Waals surface area contributed by atoms with Crippen LogP contribution in [-0.2, 0) is 13.1 Å². The van der Waals surface area contributed by atoms with Crippen LogP contribution < -0.4 is 9.80 Å². The zero-order valence-electron chi connectivity index (χ0n) is 12.1. The normalized spacial score (nSPS) is 15.8. The van der Waals surface area contributed by atoms with Crippen LogP contribution in [0.25, 0.3) is 0 Å². The fourth-order valence-corrected chi connectivity index (χ4v) is 3.73. The van der Waals surface area contributed by atoms with Gasteiger partial charge in [-0.2, -0.15) is 0 Å². The maximum atomic E-state index is 6.53. The first-order valence-corrected chi connectivity index (χ1v) is 7.87. The minimum absolute atomic E-state index is 0.836. The topological polar surface area (TPSA) is 6.48 Å². The van der Waals surface area contributed by atoms with Gasteiger partial charge in [-0.1, -0.05) is 35.3 Å². The van der Waals surface area contributed by atoms with Crippen LogP contribution in [-0.4, -0.2) is 6.67 Å². The molecule has 0 spiro atoms. The third-order valence-electron chi connectivity index (χ3n) is 4.50. The van der Waals surface area contributed by atoms with E-state index in [1.807, 2.05) is 0 Å². The molecule has 2 aliphatic heterocycles. The van der Waals surface area contributed by atoms with E-state index in [2.05, 4.69) is 47.9 Å². The molecule has 0 N–H and O–H groups in total. The quantitative estimate of drug-likeness (QED) is 0.681. The average Bonchev–Trinajstić information content (AvgIpc) is 2.46. The van der Waals surface area contributed by atoms with Crippen LogP contribution in [0.1, 0.15) is 22.3 Å². The Kier molecular flexibility index (Phi) is 2.88. The molecule has 2 aliphatic rings. The molecular weight excluding hydrogens is 303 g/mol. The number of aryl methyl sites for hydroxylation is 2. The maximum absolute atomic E-state index is 6.53. The van der Waals surface area contributed by atoms with Crippen molar-refractivity contribution in [1.29, 1.82) is 0 Å². The molecule has 4 heteroatoms. The molecule has 0 aliphatic carbocycles. The highest BCUT2D eigenvalue weighted by atomic mass is 35.5. The van der Waals surface area contributed by atoms with E-state index in [1.165, 1.54) is 22.5 Å². The van der Waals surface area contributed by atoms with E-state index in [0.29, 0.717) is 0 Å². The first kappa shape index (κ1) is 13.3. The number of hydrogen-bond acceptors (Lipinski definition) is 2. The number of hydrogen-bond donors (Lipinski definition) is 0. The lowest BCUT2D eigenvalue weighted by Crippen LogP contribution is -2.46. The predicted molar refractivity (Wildman–Crippen MR) is 89.6 cm³/mol. The molecular formula is C17H16Cl2N2. The second kappa shape index (κ2) is 4.56. The fraction of sp³-hybridized carbons (Fsp3) is 0.294. The van der Waals surface area contributed by atoms with Crippen molar-refractivity contribution < 1.29 is 0 Å². The molecule has 2 aromatic rings. The van der Waals surface area contributed by atoms with E-state index in [-0.39, 0.29) is 0 Å². The summed E-state index contributed by atoms with van der Waals surface area (Å²) in [4.78, 5) is 4.75. The van der Waals surface area contributed by atoms with Crippen LogP contribution in [0, 0.1) is 13.8 Å². The molecule has 21 heavy (non-hydrogen) atoms. The van der Waals surface area contributed by atoms with Gasteiger partial charge < -0.3 is 9.80 Å². The van der Waals surface area contributed by atoms with Crippen LogP contribution in [0.3, 0.4) is 0 Å². The third-order valence-corrected chi connectivity index (χ3v) is 5.44. The minimum atomic E-state index is 0.836. The summed E-state index contributed by atoms with van der Waals surface area (Å²) in [6.07, 6.45) is 0. The Bertz CT molecular complexity index is 755. The van der Waals surface area contributed by atoms with Gasteiger partial charge in [-0.25, -0.2) is 0 Å². The molecule has 0 saturated heterocycles. The average molecular weight is 319 g/mol. The maximum Gasteiger partial charge on any atom is 0.0910 e. The summed E-state index contributed by atoms with van der Waals surface area (Å²) in [6.45, 7) is 6.78. The molecule has 4 rings (SSSR count). The summed E-state index contributed by atoms with van der Waals surface area (Å²) in [6, 6.07) is 8.61. The van der Waals surface area contributed by atoms with Crippen molar-refractivity contribution in [2.75, 3.05) is 16.5 Å². The second-order valence-electron chi connectivity index (χ2n) is 5.96. The van der Waals surface area contributed by atoms with Gasteiger partial charge in [0.1, 0.15) is 0 Å². The van der Waals surface area contributed by atoms with Gasteiger partial charge in [0.2, 0.25) is 0 Å². The Morgan fingerprint density at radius 2 is 1.67 bits per heavy atom. The zero-order valence-corrected chi connectivity index (χ0v) is 13.6. The Morgan fingerprint density at radius 1 is 0.905 bits per heavy atom. The molecule has 0 unspecified atom stereocenters. The van der Waals surface area contributed by atoms with E-state index in [4.69, 9.17) is 23.2 Å². The van der Waals surface area contributed by atoms with E-state index in [0.717, 1.165) is 40.9 Å². The Labute approximate surface area is 134 Å². The number of fused-ring (bicyclic) bond motifs is 6. The van der Waals surface area contributed by atoms with Gasteiger partial charge in [0.15, 0.2) is 0 Å². The Morgan fingerprint density at radius 3 is 2.48 bits per heavy atom. The molecule has 2 nitrogen and oxygen atoms in total. The van der Waals surface area contributed by atoms with Gasteiger partial charge in [0, 0.05) is 35.1 Å². The lowest BCUT2D eigenvalue weighted by atomic mass is 9.99. The highest BCUT2D eigenvalue weighted by molar-refractivity contribution is 6.32. The highest BCUT2D eigenvalue weighted by Gasteiger charge is 2.31. The van der Waals surface area contributed by atoms with Gasteiger partial charge in [-0.3, -0.25) is 0 Å². The molecule has 0 atom stereocenters. The molecule has 2 heterocycles. The molecule has 2 aromatic carbocycles. The summed E-state index contributed by atoms with van der Waals surface area (Å²) in [5.41, 5.74) is 7.35. The molecule has 0 fully saturated rings. The number of rotatable bonds is 0. The number of anilines is 2. The van der Waals surface area contributed by atoms with Gasteiger partial charge in [-0.05, 0) is 42.7 Å². The van der Waals surface area contributed by atoms with Crippen LogP contribution >= 0.6 is 23.2 Å². The standard InChI is InChI=1S/C17H16Cl2N2/c1-10-3-4-15-13(17(10)19)8-21-9-20(15)7-12-5-11(2)14(18)6-16(12)21/h3-6H,7-9H2,1-2H3. The van der Waals surface area contributed by atoms with Gasteiger partial charge in [0.05, 0.1) is 11.7 Å². The zero-order chi connectivity index (χ0) is 14.7. The summed E-state index contributed by atoms with van der Waals surface area (Å²) < 4.78 is 0. The third kappa shape index (κ3) is 1.93.